The molecule has 0 aromatic heterocycles. The van der Waals surface area contributed by atoms with Gasteiger partial charge in [-0.3, -0.25) is 15.2 Å². The molecule has 0 heterocycles. The third kappa shape index (κ3) is 4.36. The highest BCUT2D eigenvalue weighted by molar-refractivity contribution is 5.87. The van der Waals surface area contributed by atoms with Crippen molar-refractivity contribution in [1.82, 2.24) is 5.43 Å². The Kier molecular flexibility index (Phi) is 6.38. The van der Waals surface area contributed by atoms with Gasteiger partial charge in [0.15, 0.2) is 0 Å². The number of rotatable bonds is 8. The fraction of sp³-hybridized carbons (Fsp3) is 0.350. The van der Waals surface area contributed by atoms with Crippen LogP contribution in [0.3, 0.4) is 0 Å². The molecule has 4 heteroatoms. The normalized spacial score (nSPS) is 11.1. The van der Waals surface area contributed by atoms with Gasteiger partial charge in [-0.2, -0.15) is 0 Å². The third-order valence-electron chi connectivity index (χ3n) is 3.99. The fourth-order valence-corrected chi connectivity index (χ4v) is 2.82. The van der Waals surface area contributed by atoms with E-state index >= 15 is 0 Å². The summed E-state index contributed by atoms with van der Waals surface area (Å²) in [5.41, 5.74) is 3.24. The van der Waals surface area contributed by atoms with Gasteiger partial charge < -0.3 is 5.11 Å². The van der Waals surface area contributed by atoms with Crippen LogP contribution >= 0.6 is 0 Å². The maximum absolute atomic E-state index is 12.8. The quantitative estimate of drug-likeness (QED) is 0.715. The summed E-state index contributed by atoms with van der Waals surface area (Å²) in [5, 5.41) is 12.5. The van der Waals surface area contributed by atoms with Crippen LogP contribution in [0.1, 0.15) is 39.5 Å². The molecule has 0 aliphatic rings. The van der Waals surface area contributed by atoms with Crippen LogP contribution in [0.15, 0.2) is 60.7 Å². The molecular weight excluding hydrogens is 300 g/mol. The van der Waals surface area contributed by atoms with Crippen LogP contribution < -0.4 is 10.4 Å². The second-order valence-corrected chi connectivity index (χ2v) is 5.98. The van der Waals surface area contributed by atoms with Crippen LogP contribution in [0.4, 0.5) is 11.4 Å². The molecule has 128 valence electrons. The highest BCUT2D eigenvalue weighted by Crippen LogP contribution is 2.25. The molecule has 0 aliphatic carbocycles. The van der Waals surface area contributed by atoms with Crippen molar-refractivity contribution in [3.63, 3.8) is 0 Å². The van der Waals surface area contributed by atoms with E-state index in [-0.39, 0.29) is 5.91 Å². The second-order valence-electron chi connectivity index (χ2n) is 5.98. The minimum absolute atomic E-state index is 0.362. The molecule has 2 aromatic carbocycles. The number of aliphatic hydroxyl groups is 1. The molecule has 0 fully saturated rings. The number of nitrogens with one attached hydrogen (secondary N) is 1. The van der Waals surface area contributed by atoms with Crippen LogP contribution in [0.5, 0.6) is 0 Å². The number of amides is 1. The van der Waals surface area contributed by atoms with Gasteiger partial charge in [0.2, 0.25) is 0 Å². The Bertz CT molecular complexity index is 583. The molecule has 1 amide bonds. The molecule has 0 unspecified atom stereocenters. The van der Waals surface area contributed by atoms with Crippen molar-refractivity contribution in [3.8, 4) is 0 Å². The molecule has 2 N–H and O–H groups in total. The van der Waals surface area contributed by atoms with Gasteiger partial charge in [0.25, 0.3) is 5.91 Å². The summed E-state index contributed by atoms with van der Waals surface area (Å²) in [6.45, 7) is 3.94. The topological polar surface area (TPSA) is 52.6 Å². The van der Waals surface area contributed by atoms with Gasteiger partial charge in [-0.25, -0.2) is 0 Å². The molecule has 0 saturated carbocycles. The Hall–Kier alpha value is -2.33. The highest BCUT2D eigenvalue weighted by Gasteiger charge is 2.35. The predicted octanol–water partition coefficient (Wildman–Crippen LogP) is 4.19. The summed E-state index contributed by atoms with van der Waals surface area (Å²) in [7, 11) is 0. The van der Waals surface area contributed by atoms with E-state index in [9.17, 15) is 9.90 Å². The zero-order valence-electron chi connectivity index (χ0n) is 14.4. The number of nitrogens with zero attached hydrogens (tertiary/aromatic N) is 1. The van der Waals surface area contributed by atoms with E-state index in [0.29, 0.717) is 12.8 Å². The minimum atomic E-state index is -1.34. The van der Waals surface area contributed by atoms with Crippen molar-refractivity contribution in [2.75, 3.05) is 5.01 Å². The first-order valence-electron chi connectivity index (χ1n) is 8.54. The molecule has 0 radical (unpaired) electrons. The van der Waals surface area contributed by atoms with Crippen molar-refractivity contribution in [2.45, 2.75) is 45.1 Å². The first-order chi connectivity index (χ1) is 11.6. The SMILES string of the molecule is CCCC(O)(CCC)C(=O)NN(c1ccccc1)c1ccccc1. The molecule has 2 rings (SSSR count). The molecule has 0 spiro atoms. The molecule has 2 aromatic rings. The van der Waals surface area contributed by atoms with E-state index in [0.717, 1.165) is 24.2 Å². The number of carbonyl (C=O) groups is 1. The van der Waals surface area contributed by atoms with Gasteiger partial charge in [0, 0.05) is 0 Å². The first-order valence-corrected chi connectivity index (χ1v) is 8.54. The van der Waals surface area contributed by atoms with Crippen molar-refractivity contribution in [2.24, 2.45) is 0 Å². The summed E-state index contributed by atoms with van der Waals surface area (Å²) in [6.07, 6.45) is 2.40. The summed E-state index contributed by atoms with van der Waals surface area (Å²) in [4.78, 5) is 12.8. The van der Waals surface area contributed by atoms with E-state index in [4.69, 9.17) is 0 Å². The lowest BCUT2D eigenvalue weighted by atomic mass is 9.92. The Morgan fingerprint density at radius 2 is 1.33 bits per heavy atom. The number of carbonyl (C=O) groups excluding carboxylic acids is 1. The molecule has 0 bridgehead atoms. The Morgan fingerprint density at radius 3 is 1.71 bits per heavy atom. The van der Waals surface area contributed by atoms with E-state index in [1.807, 2.05) is 74.5 Å². The van der Waals surface area contributed by atoms with E-state index in [1.165, 1.54) is 0 Å². The summed E-state index contributed by atoms with van der Waals surface area (Å²) >= 11 is 0. The highest BCUT2D eigenvalue weighted by atomic mass is 16.3. The molecular formula is C20H26N2O2. The largest absolute Gasteiger partial charge is 0.380 e. The minimum Gasteiger partial charge on any atom is -0.380 e. The lowest BCUT2D eigenvalue weighted by Gasteiger charge is -2.32. The standard InChI is InChI=1S/C20H26N2O2/c1-3-15-20(24,16-4-2)19(23)21-22(17-11-7-5-8-12-17)18-13-9-6-10-14-18/h5-14,24H,3-4,15-16H2,1-2H3,(H,21,23). The predicted molar refractivity (Wildman–Crippen MR) is 97.9 cm³/mol. The Morgan fingerprint density at radius 1 is 0.917 bits per heavy atom. The monoisotopic (exact) mass is 326 g/mol. The molecule has 24 heavy (non-hydrogen) atoms. The first kappa shape index (κ1) is 18.0. The van der Waals surface area contributed by atoms with E-state index in [1.54, 1.807) is 5.01 Å². The molecule has 0 saturated heterocycles. The van der Waals surface area contributed by atoms with Crippen molar-refractivity contribution in [3.05, 3.63) is 60.7 Å². The van der Waals surface area contributed by atoms with E-state index < -0.39 is 5.60 Å². The lowest BCUT2D eigenvalue weighted by Crippen LogP contribution is -2.52. The van der Waals surface area contributed by atoms with Gasteiger partial charge in [-0.05, 0) is 37.1 Å². The number of benzene rings is 2. The maximum atomic E-state index is 12.8. The van der Waals surface area contributed by atoms with Gasteiger partial charge in [0.1, 0.15) is 5.60 Å². The summed E-state index contributed by atoms with van der Waals surface area (Å²) < 4.78 is 0. The number of hydrogen-bond donors (Lipinski definition) is 2. The Labute approximate surface area is 144 Å². The lowest BCUT2D eigenvalue weighted by molar-refractivity contribution is -0.141. The maximum Gasteiger partial charge on any atom is 0.270 e. The summed E-state index contributed by atoms with van der Waals surface area (Å²) in [5.74, 6) is -0.362. The Balaban J connectivity index is 2.30. The van der Waals surface area contributed by atoms with Crippen molar-refractivity contribution in [1.29, 1.82) is 0 Å². The third-order valence-corrected chi connectivity index (χ3v) is 3.99. The number of hydrazine groups is 1. The van der Waals surface area contributed by atoms with Gasteiger partial charge in [0.05, 0.1) is 11.4 Å². The average Bonchev–Trinajstić information content (AvgIpc) is 2.61. The zero-order chi connectivity index (χ0) is 17.4. The molecule has 4 nitrogen and oxygen atoms in total. The smallest absolute Gasteiger partial charge is 0.270 e. The van der Waals surface area contributed by atoms with Crippen molar-refractivity contribution >= 4 is 17.3 Å². The van der Waals surface area contributed by atoms with Gasteiger partial charge >= 0.3 is 0 Å². The molecule has 0 atom stereocenters. The van der Waals surface area contributed by atoms with Crippen LogP contribution in [0, 0.1) is 0 Å². The fourth-order valence-electron chi connectivity index (χ4n) is 2.82. The van der Waals surface area contributed by atoms with Crippen LogP contribution in [0.2, 0.25) is 0 Å². The van der Waals surface area contributed by atoms with Crippen LogP contribution in [0.25, 0.3) is 0 Å². The van der Waals surface area contributed by atoms with Crippen LogP contribution in [-0.4, -0.2) is 16.6 Å². The molecule has 0 aliphatic heterocycles. The van der Waals surface area contributed by atoms with Crippen LogP contribution in [-0.2, 0) is 4.79 Å². The summed E-state index contributed by atoms with van der Waals surface area (Å²) in [6, 6.07) is 19.2. The van der Waals surface area contributed by atoms with Gasteiger partial charge in [-0.1, -0.05) is 63.1 Å². The number of anilines is 2. The number of hydrogen-bond acceptors (Lipinski definition) is 3. The van der Waals surface area contributed by atoms with Gasteiger partial charge in [-0.15, -0.1) is 0 Å². The zero-order valence-corrected chi connectivity index (χ0v) is 14.4. The second kappa shape index (κ2) is 8.50. The number of para-hydroxylation sites is 2. The van der Waals surface area contributed by atoms with E-state index in [2.05, 4.69) is 5.43 Å². The average molecular weight is 326 g/mol. The van der Waals surface area contributed by atoms with Crippen molar-refractivity contribution < 1.29 is 9.90 Å².